The first-order chi connectivity index (χ1) is 11.0. The summed E-state index contributed by atoms with van der Waals surface area (Å²) in [6.07, 6.45) is 19.9. The van der Waals surface area contributed by atoms with Crippen LogP contribution in [0.2, 0.25) is 0 Å². The van der Waals surface area contributed by atoms with Gasteiger partial charge in [-0.15, -0.1) is 12.8 Å². The highest BCUT2D eigenvalue weighted by Gasteiger charge is 2.41. The molecule has 0 aliphatic rings. The van der Waals surface area contributed by atoms with E-state index in [-0.39, 0.29) is 5.92 Å². The van der Waals surface area contributed by atoms with Gasteiger partial charge in [0, 0.05) is 5.92 Å². The molecule has 0 fully saturated rings. The molecule has 0 saturated heterocycles. The summed E-state index contributed by atoms with van der Waals surface area (Å²) < 4.78 is 12.4. The second-order valence-corrected chi connectivity index (χ2v) is 7.99. The third kappa shape index (κ3) is 8.77. The predicted octanol–water partition coefficient (Wildman–Crippen LogP) is 5.95. The van der Waals surface area contributed by atoms with E-state index >= 15 is 0 Å². The Morgan fingerprint density at radius 3 is 1.62 bits per heavy atom. The standard InChI is InChI=1S/C22H38O2/c1-10-13-14-15-16-17-18-19(4)22(9,23-20(5,6)11-2)24-21(7,8)12-3/h2-3,19H,10,13-18H2,1,4-9H3. The van der Waals surface area contributed by atoms with Gasteiger partial charge in [0.05, 0.1) is 0 Å². The van der Waals surface area contributed by atoms with Crippen LogP contribution < -0.4 is 0 Å². The molecule has 0 aromatic carbocycles. The Morgan fingerprint density at radius 2 is 1.21 bits per heavy atom. The maximum absolute atomic E-state index is 6.22. The molecule has 0 aromatic rings. The largest absolute Gasteiger partial charge is 0.331 e. The minimum atomic E-state index is -0.810. The summed E-state index contributed by atoms with van der Waals surface area (Å²) in [5.41, 5.74) is -1.40. The Bertz CT molecular complexity index is 406. The fraction of sp³-hybridized carbons (Fsp3) is 0.818. The Labute approximate surface area is 151 Å². The second kappa shape index (κ2) is 10.1. The molecular weight excluding hydrogens is 296 g/mol. The van der Waals surface area contributed by atoms with Gasteiger partial charge in [0.1, 0.15) is 11.2 Å². The van der Waals surface area contributed by atoms with E-state index in [9.17, 15) is 0 Å². The molecule has 0 aliphatic heterocycles. The van der Waals surface area contributed by atoms with Crippen molar-refractivity contribution in [2.45, 2.75) is 110 Å². The van der Waals surface area contributed by atoms with Gasteiger partial charge in [-0.05, 0) is 41.0 Å². The minimum absolute atomic E-state index is 0.198. The number of rotatable bonds is 12. The Kier molecular flexibility index (Phi) is 9.72. The third-order valence-electron chi connectivity index (χ3n) is 4.50. The van der Waals surface area contributed by atoms with Crippen LogP contribution in [0.4, 0.5) is 0 Å². The van der Waals surface area contributed by atoms with Gasteiger partial charge in [-0.3, -0.25) is 0 Å². The maximum Gasteiger partial charge on any atom is 0.172 e. The molecule has 0 saturated carbocycles. The van der Waals surface area contributed by atoms with E-state index in [0.29, 0.717) is 0 Å². The van der Waals surface area contributed by atoms with Gasteiger partial charge in [0.2, 0.25) is 0 Å². The van der Waals surface area contributed by atoms with Crippen molar-refractivity contribution in [1.82, 2.24) is 0 Å². The van der Waals surface area contributed by atoms with Crippen LogP contribution in [0, 0.1) is 30.6 Å². The molecule has 0 aliphatic carbocycles. The lowest BCUT2D eigenvalue weighted by Crippen LogP contribution is -2.49. The minimum Gasteiger partial charge on any atom is -0.331 e. The van der Waals surface area contributed by atoms with E-state index < -0.39 is 17.0 Å². The summed E-state index contributed by atoms with van der Waals surface area (Å²) in [6, 6.07) is 0. The van der Waals surface area contributed by atoms with Gasteiger partial charge in [-0.2, -0.15) is 0 Å². The van der Waals surface area contributed by atoms with Crippen LogP contribution >= 0.6 is 0 Å². The molecule has 0 amide bonds. The zero-order valence-corrected chi connectivity index (χ0v) is 17.0. The summed E-state index contributed by atoms with van der Waals surface area (Å²) >= 11 is 0. The molecule has 24 heavy (non-hydrogen) atoms. The van der Waals surface area contributed by atoms with E-state index in [1.807, 2.05) is 34.6 Å². The van der Waals surface area contributed by atoms with Crippen LogP contribution in [0.25, 0.3) is 0 Å². The van der Waals surface area contributed by atoms with Gasteiger partial charge >= 0.3 is 0 Å². The van der Waals surface area contributed by atoms with Crippen molar-refractivity contribution in [2.24, 2.45) is 5.92 Å². The van der Waals surface area contributed by atoms with Crippen molar-refractivity contribution in [3.8, 4) is 24.7 Å². The number of terminal acetylenes is 2. The molecule has 0 bridgehead atoms. The topological polar surface area (TPSA) is 18.5 Å². The molecule has 1 atom stereocenters. The van der Waals surface area contributed by atoms with Gasteiger partial charge in [-0.25, -0.2) is 0 Å². The smallest absolute Gasteiger partial charge is 0.172 e. The van der Waals surface area contributed by atoms with Crippen molar-refractivity contribution < 1.29 is 9.47 Å². The van der Waals surface area contributed by atoms with E-state index in [2.05, 4.69) is 25.7 Å². The van der Waals surface area contributed by atoms with Gasteiger partial charge in [0.25, 0.3) is 0 Å². The van der Waals surface area contributed by atoms with Gasteiger partial charge < -0.3 is 9.47 Å². The van der Waals surface area contributed by atoms with Crippen molar-refractivity contribution in [1.29, 1.82) is 0 Å². The Hall–Kier alpha value is -0.960. The van der Waals surface area contributed by atoms with Crippen molar-refractivity contribution in [2.75, 3.05) is 0 Å². The molecule has 0 rings (SSSR count). The highest BCUT2D eigenvalue weighted by atomic mass is 16.7. The van der Waals surface area contributed by atoms with Gasteiger partial charge in [0.15, 0.2) is 5.79 Å². The fourth-order valence-corrected chi connectivity index (χ4v) is 2.79. The number of hydrogen-bond donors (Lipinski definition) is 0. The summed E-state index contributed by atoms with van der Waals surface area (Å²) in [5, 5.41) is 0. The van der Waals surface area contributed by atoms with Gasteiger partial charge in [-0.1, -0.05) is 64.2 Å². The molecular formula is C22H38O2. The lowest BCUT2D eigenvalue weighted by molar-refractivity contribution is -0.310. The number of hydrogen-bond acceptors (Lipinski definition) is 2. The summed E-state index contributed by atoms with van der Waals surface area (Å²) in [4.78, 5) is 0. The summed E-state index contributed by atoms with van der Waals surface area (Å²) in [7, 11) is 0. The maximum atomic E-state index is 6.22. The normalized spacial score (nSPS) is 14.0. The van der Waals surface area contributed by atoms with E-state index in [4.69, 9.17) is 22.3 Å². The molecule has 2 heteroatoms. The summed E-state index contributed by atoms with van der Waals surface area (Å²) in [5.74, 6) is 4.77. The molecule has 0 heterocycles. The zero-order chi connectivity index (χ0) is 18.9. The molecule has 138 valence electrons. The van der Waals surface area contributed by atoms with E-state index in [1.54, 1.807) is 0 Å². The molecule has 1 unspecified atom stereocenters. The SMILES string of the molecule is C#CC(C)(C)OC(C)(OC(C)(C)C#C)C(C)CCCCCCCC. The van der Waals surface area contributed by atoms with Crippen LogP contribution in [0.5, 0.6) is 0 Å². The van der Waals surface area contributed by atoms with Crippen LogP contribution in [-0.4, -0.2) is 17.0 Å². The average molecular weight is 335 g/mol. The first-order valence-corrected chi connectivity index (χ1v) is 9.38. The zero-order valence-electron chi connectivity index (χ0n) is 17.0. The highest BCUT2D eigenvalue weighted by Crippen LogP contribution is 2.35. The Morgan fingerprint density at radius 1 is 0.792 bits per heavy atom. The van der Waals surface area contributed by atoms with Crippen molar-refractivity contribution >= 4 is 0 Å². The quantitative estimate of drug-likeness (QED) is 0.249. The summed E-state index contributed by atoms with van der Waals surface area (Å²) in [6.45, 7) is 13.9. The van der Waals surface area contributed by atoms with E-state index in [0.717, 1.165) is 6.42 Å². The second-order valence-electron chi connectivity index (χ2n) is 7.99. The number of unbranched alkanes of at least 4 members (excludes halogenated alkanes) is 5. The molecule has 0 spiro atoms. The fourth-order valence-electron chi connectivity index (χ4n) is 2.79. The molecule has 2 nitrogen and oxygen atoms in total. The van der Waals surface area contributed by atoms with Crippen molar-refractivity contribution in [3.63, 3.8) is 0 Å². The lowest BCUT2D eigenvalue weighted by Gasteiger charge is -2.43. The average Bonchev–Trinajstić information content (AvgIpc) is 2.49. The van der Waals surface area contributed by atoms with Crippen LogP contribution in [0.1, 0.15) is 93.4 Å². The third-order valence-corrected chi connectivity index (χ3v) is 4.50. The molecule has 0 aromatic heterocycles. The predicted molar refractivity (Wildman–Crippen MR) is 104 cm³/mol. The van der Waals surface area contributed by atoms with E-state index in [1.165, 1.54) is 38.5 Å². The Balaban J connectivity index is 4.86. The molecule has 0 radical (unpaired) electrons. The highest BCUT2D eigenvalue weighted by molar-refractivity contribution is 5.06. The molecule has 0 N–H and O–H groups in total. The number of ether oxygens (including phenoxy) is 2. The first kappa shape index (κ1) is 23.0. The van der Waals surface area contributed by atoms with Crippen LogP contribution in [0.3, 0.4) is 0 Å². The monoisotopic (exact) mass is 334 g/mol. The van der Waals surface area contributed by atoms with Crippen molar-refractivity contribution in [3.05, 3.63) is 0 Å². The lowest BCUT2D eigenvalue weighted by atomic mass is 9.93. The van der Waals surface area contributed by atoms with Crippen LogP contribution in [-0.2, 0) is 9.47 Å². The first-order valence-electron chi connectivity index (χ1n) is 9.38. The van der Waals surface area contributed by atoms with Crippen LogP contribution in [0.15, 0.2) is 0 Å².